The minimum absolute atomic E-state index is 0.0945. The highest BCUT2D eigenvalue weighted by Gasteiger charge is 2.11. The second-order valence-corrected chi connectivity index (χ2v) is 5.40. The molecular weight excluding hydrogens is 250 g/mol. The molecule has 2 rings (SSSR count). The Morgan fingerprint density at radius 3 is 3.00 bits per heavy atom. The molecule has 20 heavy (non-hydrogen) atoms. The fraction of sp³-hybridized carbons (Fsp3) is 0.588. The summed E-state index contributed by atoms with van der Waals surface area (Å²) in [4.78, 5) is 4.76. The van der Waals surface area contributed by atoms with Gasteiger partial charge in [0.25, 0.3) is 0 Å². The lowest BCUT2D eigenvalue weighted by Gasteiger charge is -2.16. The quantitative estimate of drug-likeness (QED) is 0.755. The zero-order valence-corrected chi connectivity index (χ0v) is 12.3. The van der Waals surface area contributed by atoms with E-state index in [-0.39, 0.29) is 6.61 Å². The van der Waals surface area contributed by atoms with Crippen molar-refractivity contribution in [2.75, 3.05) is 19.8 Å². The number of ether oxygens (including phenoxy) is 1. The van der Waals surface area contributed by atoms with E-state index in [9.17, 15) is 0 Å². The average Bonchev–Trinajstić information content (AvgIpc) is 2.49. The zero-order chi connectivity index (χ0) is 14.2. The lowest BCUT2D eigenvalue weighted by atomic mass is 9.96. The number of rotatable bonds is 6. The number of hydrogen-bond donors (Lipinski definition) is 1. The Morgan fingerprint density at radius 2 is 2.30 bits per heavy atom. The maximum Gasteiger partial charge on any atom is 0.0697 e. The van der Waals surface area contributed by atoms with Gasteiger partial charge in [-0.25, -0.2) is 0 Å². The van der Waals surface area contributed by atoms with Gasteiger partial charge < -0.3 is 9.84 Å². The Labute approximate surface area is 121 Å². The molecule has 1 atom stereocenters. The summed E-state index contributed by atoms with van der Waals surface area (Å²) in [7, 11) is 0. The third kappa shape index (κ3) is 4.73. The lowest BCUT2D eigenvalue weighted by Crippen LogP contribution is -2.11. The standard InChI is InChI=1S/C17H25NO2/c1-2-14-4-3-5-17(12-14)18-16-8-6-15(7-9-16)13-20-11-10-19/h6,8-9,12,15,19H,2-5,7,10-11,13H2,1H3. The molecule has 0 radical (unpaired) electrons. The van der Waals surface area contributed by atoms with Crippen LogP contribution in [-0.2, 0) is 4.74 Å². The molecule has 0 heterocycles. The molecule has 0 amide bonds. The zero-order valence-electron chi connectivity index (χ0n) is 12.3. The first-order chi connectivity index (χ1) is 9.81. The van der Waals surface area contributed by atoms with Crippen LogP contribution < -0.4 is 0 Å². The second kappa shape index (κ2) is 8.18. The number of allylic oxidation sites excluding steroid dienone is 4. The number of aliphatic imine (C=N–C) groups is 1. The van der Waals surface area contributed by atoms with Crippen LogP contribution in [0.1, 0.15) is 39.0 Å². The van der Waals surface area contributed by atoms with Gasteiger partial charge in [0.05, 0.1) is 25.5 Å². The predicted octanol–water partition coefficient (Wildman–Crippen LogP) is 3.42. The maximum atomic E-state index is 8.68. The molecule has 0 bridgehead atoms. The van der Waals surface area contributed by atoms with Crippen LogP contribution in [-0.4, -0.2) is 30.6 Å². The van der Waals surface area contributed by atoms with Crippen molar-refractivity contribution in [1.82, 2.24) is 0 Å². The van der Waals surface area contributed by atoms with Crippen molar-refractivity contribution < 1.29 is 9.84 Å². The topological polar surface area (TPSA) is 41.8 Å². The van der Waals surface area contributed by atoms with Crippen LogP contribution in [0.15, 0.2) is 40.6 Å². The molecule has 3 heteroatoms. The van der Waals surface area contributed by atoms with E-state index < -0.39 is 0 Å². The van der Waals surface area contributed by atoms with Crippen LogP contribution in [0.4, 0.5) is 0 Å². The van der Waals surface area contributed by atoms with Gasteiger partial charge in [-0.15, -0.1) is 0 Å². The number of nitrogens with zero attached hydrogens (tertiary/aromatic N) is 1. The van der Waals surface area contributed by atoms with E-state index in [1.807, 2.05) is 0 Å². The van der Waals surface area contributed by atoms with Gasteiger partial charge in [0.15, 0.2) is 0 Å². The minimum Gasteiger partial charge on any atom is -0.394 e. The molecule has 1 unspecified atom stereocenters. The third-order valence-electron chi connectivity index (χ3n) is 3.76. The van der Waals surface area contributed by atoms with Crippen molar-refractivity contribution in [3.8, 4) is 0 Å². The molecule has 0 spiro atoms. The highest BCUT2D eigenvalue weighted by Crippen LogP contribution is 2.22. The molecule has 110 valence electrons. The normalized spacial score (nSPS) is 24.7. The van der Waals surface area contributed by atoms with Crippen LogP contribution in [0.3, 0.4) is 0 Å². The van der Waals surface area contributed by atoms with E-state index in [1.165, 1.54) is 24.1 Å². The Balaban J connectivity index is 1.88. The van der Waals surface area contributed by atoms with Gasteiger partial charge in [-0.2, -0.15) is 0 Å². The summed E-state index contributed by atoms with van der Waals surface area (Å²) in [5.74, 6) is 0.415. The van der Waals surface area contributed by atoms with Gasteiger partial charge in [0, 0.05) is 11.6 Å². The fourth-order valence-electron chi connectivity index (χ4n) is 2.57. The van der Waals surface area contributed by atoms with E-state index in [0.29, 0.717) is 19.1 Å². The number of hydrogen-bond acceptors (Lipinski definition) is 3. The van der Waals surface area contributed by atoms with Gasteiger partial charge in [-0.1, -0.05) is 24.6 Å². The van der Waals surface area contributed by atoms with E-state index in [2.05, 4.69) is 31.2 Å². The molecule has 2 aliphatic rings. The smallest absolute Gasteiger partial charge is 0.0697 e. The molecule has 2 aliphatic carbocycles. The van der Waals surface area contributed by atoms with Crippen LogP contribution >= 0.6 is 0 Å². The second-order valence-electron chi connectivity index (χ2n) is 5.40. The van der Waals surface area contributed by atoms with Gasteiger partial charge in [-0.3, -0.25) is 4.99 Å². The van der Waals surface area contributed by atoms with Crippen molar-refractivity contribution in [2.45, 2.75) is 39.0 Å². The van der Waals surface area contributed by atoms with E-state index in [1.54, 1.807) is 0 Å². The predicted molar refractivity (Wildman–Crippen MR) is 82.9 cm³/mol. The molecule has 3 nitrogen and oxygen atoms in total. The summed E-state index contributed by atoms with van der Waals surface area (Å²) in [5, 5.41) is 8.68. The molecule has 0 aromatic rings. The van der Waals surface area contributed by atoms with Crippen molar-refractivity contribution >= 4 is 5.71 Å². The molecular formula is C17H25NO2. The maximum absolute atomic E-state index is 8.68. The first-order valence-corrected chi connectivity index (χ1v) is 7.65. The summed E-state index contributed by atoms with van der Waals surface area (Å²) in [5.41, 5.74) is 3.82. The Hall–Kier alpha value is -1.19. The van der Waals surface area contributed by atoms with Crippen molar-refractivity contribution in [3.05, 3.63) is 35.6 Å². The molecule has 0 aromatic carbocycles. The summed E-state index contributed by atoms with van der Waals surface area (Å²) in [6.45, 7) is 3.41. The van der Waals surface area contributed by atoms with Crippen LogP contribution in [0.25, 0.3) is 0 Å². The van der Waals surface area contributed by atoms with E-state index in [4.69, 9.17) is 14.8 Å². The summed E-state index contributed by atoms with van der Waals surface area (Å²) in [6.07, 6.45) is 14.4. The van der Waals surface area contributed by atoms with Crippen molar-refractivity contribution in [2.24, 2.45) is 10.9 Å². The van der Waals surface area contributed by atoms with Crippen LogP contribution in [0.2, 0.25) is 0 Å². The largest absolute Gasteiger partial charge is 0.394 e. The van der Waals surface area contributed by atoms with Gasteiger partial charge in [0.1, 0.15) is 0 Å². The minimum atomic E-state index is 0.0945. The summed E-state index contributed by atoms with van der Waals surface area (Å²) < 4.78 is 5.36. The summed E-state index contributed by atoms with van der Waals surface area (Å²) >= 11 is 0. The lowest BCUT2D eigenvalue weighted by molar-refractivity contribution is 0.0772. The molecule has 0 saturated heterocycles. The molecule has 0 aromatic heterocycles. The fourth-order valence-corrected chi connectivity index (χ4v) is 2.57. The first kappa shape index (κ1) is 15.2. The monoisotopic (exact) mass is 275 g/mol. The summed E-state index contributed by atoms with van der Waals surface area (Å²) in [6, 6.07) is 0. The van der Waals surface area contributed by atoms with Crippen molar-refractivity contribution in [3.63, 3.8) is 0 Å². The van der Waals surface area contributed by atoms with Crippen molar-refractivity contribution in [1.29, 1.82) is 0 Å². The third-order valence-corrected chi connectivity index (χ3v) is 3.76. The van der Waals surface area contributed by atoms with Gasteiger partial charge in [0.2, 0.25) is 0 Å². The molecule has 0 aliphatic heterocycles. The SMILES string of the molecule is CCC1=CC(=NC2=CCC(COCCO)C=C2)CCC1. The molecule has 0 fully saturated rings. The first-order valence-electron chi connectivity index (χ1n) is 7.65. The van der Waals surface area contributed by atoms with E-state index >= 15 is 0 Å². The van der Waals surface area contributed by atoms with Crippen LogP contribution in [0.5, 0.6) is 0 Å². The van der Waals surface area contributed by atoms with Crippen LogP contribution in [0, 0.1) is 5.92 Å². The van der Waals surface area contributed by atoms with E-state index in [0.717, 1.165) is 25.0 Å². The highest BCUT2D eigenvalue weighted by atomic mass is 16.5. The number of aliphatic hydroxyl groups is 1. The Morgan fingerprint density at radius 1 is 1.40 bits per heavy atom. The molecule has 1 N–H and O–H groups in total. The highest BCUT2D eigenvalue weighted by molar-refractivity contribution is 5.97. The number of aliphatic hydroxyl groups excluding tert-OH is 1. The Kier molecular flexibility index (Phi) is 6.22. The average molecular weight is 275 g/mol. The van der Waals surface area contributed by atoms with Gasteiger partial charge >= 0.3 is 0 Å². The van der Waals surface area contributed by atoms with Gasteiger partial charge in [-0.05, 0) is 44.3 Å². The molecule has 0 saturated carbocycles. The Bertz CT molecular complexity index is 432.